The van der Waals surface area contributed by atoms with Crippen LogP contribution in [0.25, 0.3) is 129 Å². The molecule has 246 valence electrons. The second-order valence-electron chi connectivity index (χ2n) is 15.1. The molecule has 1 saturated heterocycles. The Balaban J connectivity index is 0.000000477. The molecule has 0 aromatic heterocycles. The first-order valence-electron chi connectivity index (χ1n) is 19.1. The molecule has 0 aliphatic carbocycles. The van der Waals surface area contributed by atoms with Crippen molar-refractivity contribution in [1.29, 1.82) is 0 Å². The van der Waals surface area contributed by atoms with E-state index >= 15 is 0 Å². The summed E-state index contributed by atoms with van der Waals surface area (Å²) in [7, 11) is 2.81. The highest BCUT2D eigenvalue weighted by atomic mass is 15.0. The monoisotopic (exact) mass is 681 g/mol. The van der Waals surface area contributed by atoms with E-state index in [1.165, 1.54) is 129 Å². The Morgan fingerprint density at radius 3 is 0.426 bits per heavy atom. The average molecular weight is 681 g/mol. The van der Waals surface area contributed by atoms with Gasteiger partial charge in [-0.3, -0.25) is 0 Å². The molecule has 54 heavy (non-hydrogen) atoms. The fraction of sp³-hybridized carbons (Fsp3) is 0. The molecule has 0 saturated carbocycles. The summed E-state index contributed by atoms with van der Waals surface area (Å²) < 4.78 is 0. The molecule has 0 spiro atoms. The number of fused-ring (bicyclic) bond motifs is 18. The third-order valence-corrected chi connectivity index (χ3v) is 12.5. The molecule has 6 heteroatoms. The minimum Gasteiger partial charge on any atom is -0.378 e. The van der Waals surface area contributed by atoms with Gasteiger partial charge in [-0.05, 0) is 129 Å². The van der Waals surface area contributed by atoms with Gasteiger partial charge in [-0.2, -0.15) is 0 Å². The fourth-order valence-corrected chi connectivity index (χ4v) is 10.7. The van der Waals surface area contributed by atoms with Crippen LogP contribution in [0.3, 0.4) is 0 Å². The number of hydrogen-bond acceptors (Lipinski definition) is 3. The lowest BCUT2D eigenvalue weighted by Gasteiger charge is -2.28. The van der Waals surface area contributed by atoms with Crippen LogP contribution < -0.4 is 15.4 Å². The number of rotatable bonds is 0. The van der Waals surface area contributed by atoms with E-state index in [9.17, 15) is 0 Å². The van der Waals surface area contributed by atoms with Crippen LogP contribution in [0.1, 0.15) is 0 Å². The highest BCUT2D eigenvalue weighted by molar-refractivity contribution is 6.65. The molecule has 1 aliphatic heterocycles. The van der Waals surface area contributed by atoms with E-state index in [-0.39, 0.29) is 0 Å². The summed E-state index contributed by atoms with van der Waals surface area (Å²) in [4.78, 5) is 0. The number of benzene rings is 13. The molecule has 1 aliphatic rings. The van der Waals surface area contributed by atoms with Crippen LogP contribution in [-0.4, -0.2) is 22.6 Å². The van der Waals surface area contributed by atoms with Crippen LogP contribution in [0.4, 0.5) is 0 Å². The smallest absolute Gasteiger partial charge is 0.265 e. The van der Waals surface area contributed by atoms with E-state index < -0.39 is 0 Å². The van der Waals surface area contributed by atoms with Crippen molar-refractivity contribution in [3.8, 4) is 0 Å². The van der Waals surface area contributed by atoms with Crippen LogP contribution in [0, 0.1) is 0 Å². The first kappa shape index (κ1) is 29.3. The molecule has 0 unspecified atom stereocenters. The Morgan fingerprint density at radius 1 is 0.185 bits per heavy atom. The fourth-order valence-electron chi connectivity index (χ4n) is 10.7. The van der Waals surface area contributed by atoms with Crippen molar-refractivity contribution in [2.75, 3.05) is 0 Å². The lowest BCUT2D eigenvalue weighted by atomic mass is 9.74. The minimum absolute atomic E-state index is 0.938. The van der Waals surface area contributed by atoms with Crippen molar-refractivity contribution >= 4 is 152 Å². The quantitative estimate of drug-likeness (QED) is 0.0848. The third-order valence-electron chi connectivity index (χ3n) is 12.5. The summed E-state index contributed by atoms with van der Waals surface area (Å²) in [6.45, 7) is 0. The van der Waals surface area contributed by atoms with Gasteiger partial charge in [-0.1, -0.05) is 146 Å². The van der Waals surface area contributed by atoms with Gasteiger partial charge in [0.25, 0.3) is 22.6 Å². The maximum absolute atomic E-state index is 3.06. The SMILES string of the molecule is B1NBNBN1.c1ccc2c(c1)c1c3ccccc3c3c4ccccc4c4c5ccccc5c5c6ccccc6c6c7ccccc7c2c2c1c3c4c5c62. The van der Waals surface area contributed by atoms with Crippen molar-refractivity contribution < 1.29 is 0 Å². The summed E-state index contributed by atoms with van der Waals surface area (Å²) >= 11 is 0. The van der Waals surface area contributed by atoms with Crippen LogP contribution in [0.2, 0.25) is 0 Å². The number of nitrogens with one attached hydrogen (secondary N) is 3. The van der Waals surface area contributed by atoms with Gasteiger partial charge in [-0.25, -0.2) is 0 Å². The summed E-state index contributed by atoms with van der Waals surface area (Å²) in [5.74, 6) is 0. The van der Waals surface area contributed by atoms with Gasteiger partial charge < -0.3 is 15.4 Å². The van der Waals surface area contributed by atoms with Crippen molar-refractivity contribution in [1.82, 2.24) is 15.4 Å². The minimum atomic E-state index is 0.938. The molecule has 0 radical (unpaired) electrons. The van der Waals surface area contributed by atoms with E-state index in [0.717, 1.165) is 22.6 Å². The first-order chi connectivity index (χ1) is 26.9. The molecule has 0 amide bonds. The second kappa shape index (κ2) is 10.7. The zero-order chi connectivity index (χ0) is 35.1. The van der Waals surface area contributed by atoms with Gasteiger partial charge in [0.2, 0.25) is 0 Å². The summed E-state index contributed by atoms with van der Waals surface area (Å²) in [6.07, 6.45) is 0. The maximum atomic E-state index is 3.06. The van der Waals surface area contributed by atoms with Crippen molar-refractivity contribution in [3.63, 3.8) is 0 Å². The zero-order valence-corrected chi connectivity index (χ0v) is 29.5. The summed E-state index contributed by atoms with van der Waals surface area (Å²) in [5.41, 5.74) is 0. The Hall–Kier alpha value is -6.17. The zero-order valence-electron chi connectivity index (χ0n) is 29.5. The van der Waals surface area contributed by atoms with Crippen LogP contribution >= 0.6 is 0 Å². The Labute approximate surface area is 311 Å². The Bertz CT molecular complexity index is 2860. The predicted molar refractivity (Wildman–Crippen MR) is 241 cm³/mol. The lowest BCUT2D eigenvalue weighted by molar-refractivity contribution is 1.28. The van der Waals surface area contributed by atoms with E-state index in [1.807, 2.05) is 0 Å². The van der Waals surface area contributed by atoms with Gasteiger partial charge in [-0.15, -0.1) is 0 Å². The number of hydrogen-bond donors (Lipinski definition) is 3. The lowest BCUT2D eigenvalue weighted by Crippen LogP contribution is -2.55. The van der Waals surface area contributed by atoms with Gasteiger partial charge in [0.05, 0.1) is 0 Å². The van der Waals surface area contributed by atoms with Crippen LogP contribution in [0.5, 0.6) is 0 Å². The van der Waals surface area contributed by atoms with Gasteiger partial charge in [0, 0.05) is 0 Å². The van der Waals surface area contributed by atoms with E-state index in [2.05, 4.69) is 161 Å². The highest BCUT2D eigenvalue weighted by Gasteiger charge is 2.30. The third kappa shape index (κ3) is 3.52. The second-order valence-corrected chi connectivity index (χ2v) is 15.1. The average Bonchev–Trinajstić information content (AvgIpc) is 3.25. The van der Waals surface area contributed by atoms with Crippen molar-refractivity contribution in [2.24, 2.45) is 0 Å². The molecule has 13 aromatic rings. The predicted octanol–water partition coefficient (Wildman–Crippen LogP) is 10.4. The van der Waals surface area contributed by atoms with Gasteiger partial charge in [0.1, 0.15) is 0 Å². The molecular formula is C48H30B3N3. The van der Waals surface area contributed by atoms with Crippen LogP contribution in [-0.2, 0) is 0 Å². The standard InChI is InChI=1S/C48H24.B3H6N3/c1-2-14-26-25(13-1)37-27-15-3-4-16-28(27)39-31-19-7-8-20-32(31)41-34-22-10-12-24-36(34)42-35-23-11-9-21-33(35)40-30-18-6-5-17-29(30)38(26)44-43(37)45(39)47(41)48(42)46(40)44;1-4-2-6-3-5-1/h1-24H;1-6H. The van der Waals surface area contributed by atoms with Crippen molar-refractivity contribution in [2.45, 2.75) is 0 Å². The normalized spacial score (nSPS) is 13.8. The summed E-state index contributed by atoms with van der Waals surface area (Å²) in [5, 5.41) is 42.1. The topological polar surface area (TPSA) is 36.1 Å². The highest BCUT2D eigenvalue weighted by Crippen LogP contribution is 2.59. The Morgan fingerprint density at radius 2 is 0.315 bits per heavy atom. The van der Waals surface area contributed by atoms with Gasteiger partial charge >= 0.3 is 0 Å². The molecule has 3 nitrogen and oxygen atoms in total. The molecule has 0 atom stereocenters. The Kier molecular flexibility index (Phi) is 5.81. The molecule has 1 fully saturated rings. The molecular weight excluding hydrogens is 651 g/mol. The van der Waals surface area contributed by atoms with E-state index in [1.54, 1.807) is 0 Å². The van der Waals surface area contributed by atoms with E-state index in [4.69, 9.17) is 0 Å². The maximum Gasteiger partial charge on any atom is 0.265 e. The van der Waals surface area contributed by atoms with E-state index in [0.29, 0.717) is 0 Å². The van der Waals surface area contributed by atoms with Crippen LogP contribution in [0.15, 0.2) is 146 Å². The molecule has 3 N–H and O–H groups in total. The molecule has 14 rings (SSSR count). The molecule has 1 heterocycles. The largest absolute Gasteiger partial charge is 0.378 e. The molecule has 0 bridgehead atoms. The summed E-state index contributed by atoms with van der Waals surface area (Å²) in [6, 6.07) is 55.1. The van der Waals surface area contributed by atoms with Crippen molar-refractivity contribution in [3.05, 3.63) is 146 Å². The first-order valence-corrected chi connectivity index (χ1v) is 19.1. The molecule has 13 aromatic carbocycles. The van der Waals surface area contributed by atoms with Gasteiger partial charge in [0.15, 0.2) is 0 Å².